The van der Waals surface area contributed by atoms with Crippen LogP contribution in [0.25, 0.3) is 22.2 Å². The van der Waals surface area contributed by atoms with Gasteiger partial charge < -0.3 is 10.3 Å². The molecule has 3 fully saturated rings. The van der Waals surface area contributed by atoms with Crippen LogP contribution in [0.5, 0.6) is 0 Å². The maximum absolute atomic E-state index is 13.8. The van der Waals surface area contributed by atoms with Crippen LogP contribution in [0.1, 0.15) is 37.3 Å². The lowest BCUT2D eigenvalue weighted by molar-refractivity contribution is -0.137. The lowest BCUT2D eigenvalue weighted by atomic mass is 9.60. The number of rotatable bonds is 3. The first kappa shape index (κ1) is 21.3. The van der Waals surface area contributed by atoms with Gasteiger partial charge in [-0.15, -0.1) is 5.73 Å². The zero-order chi connectivity index (χ0) is 23.3. The minimum Gasteiger partial charge on any atom is -0.360 e. The Morgan fingerprint density at radius 1 is 1.27 bits per heavy atom. The smallest absolute Gasteiger partial charge is 0.360 e. The van der Waals surface area contributed by atoms with Crippen molar-refractivity contribution < 1.29 is 13.2 Å². The van der Waals surface area contributed by atoms with Crippen molar-refractivity contribution in [1.82, 2.24) is 15.0 Å². The summed E-state index contributed by atoms with van der Waals surface area (Å²) in [6, 6.07) is 6.95. The molecule has 1 aromatic carbocycles. The Labute approximate surface area is 189 Å². The van der Waals surface area contributed by atoms with Gasteiger partial charge in [0.25, 0.3) is 0 Å². The molecule has 0 amide bonds. The van der Waals surface area contributed by atoms with Crippen LogP contribution in [-0.4, -0.2) is 21.0 Å². The number of aromatic nitrogens is 3. The summed E-state index contributed by atoms with van der Waals surface area (Å²) in [5.74, 6) is 1.24. The molecule has 0 saturated heterocycles. The number of nitrogens with one attached hydrogen (secondary N) is 2. The number of benzene rings is 1. The van der Waals surface area contributed by atoms with Crippen molar-refractivity contribution in [3.05, 3.63) is 59.6 Å². The van der Waals surface area contributed by atoms with Crippen LogP contribution in [0, 0.1) is 29.1 Å². The third kappa shape index (κ3) is 3.59. The Balaban J connectivity index is 1.54. The van der Waals surface area contributed by atoms with Crippen LogP contribution in [-0.2, 0) is 6.18 Å². The van der Waals surface area contributed by atoms with Gasteiger partial charge in [-0.05, 0) is 54.7 Å². The first-order chi connectivity index (χ1) is 15.8. The van der Waals surface area contributed by atoms with Crippen molar-refractivity contribution in [3.8, 4) is 17.3 Å². The van der Waals surface area contributed by atoms with E-state index in [1.165, 1.54) is 11.8 Å². The summed E-state index contributed by atoms with van der Waals surface area (Å²) in [6.45, 7) is 6.00. The fourth-order valence-electron chi connectivity index (χ4n) is 5.57. The molecule has 168 valence electrons. The standard InChI is InChI=1S/C25H22F3N5/c1-3-16-13(2)17-7-5-15(16)9-22(17)32-24-31-12-20(25(26,27)28)23(33-24)19-11-30-21-8-14(10-29)4-6-18(19)21/h4,6,8,11-13,15,17,22,30H,1,5,7,9H2,2H3,(H,31,32,33)/t13?,15-,17-,22+/m0/s1. The van der Waals surface area contributed by atoms with Gasteiger partial charge in [-0.25, -0.2) is 9.97 Å². The summed E-state index contributed by atoms with van der Waals surface area (Å²) in [4.78, 5) is 11.4. The molecular weight excluding hydrogens is 427 g/mol. The molecule has 2 bridgehead atoms. The van der Waals surface area contributed by atoms with Gasteiger partial charge in [-0.1, -0.05) is 19.6 Å². The highest BCUT2D eigenvalue weighted by Crippen LogP contribution is 2.49. The van der Waals surface area contributed by atoms with E-state index < -0.39 is 11.7 Å². The van der Waals surface area contributed by atoms with Gasteiger partial charge in [-0.3, -0.25) is 0 Å². The average Bonchev–Trinajstić information content (AvgIpc) is 3.22. The topological polar surface area (TPSA) is 77.4 Å². The number of halogens is 3. The van der Waals surface area contributed by atoms with E-state index in [0.717, 1.165) is 25.5 Å². The summed E-state index contributed by atoms with van der Waals surface area (Å²) >= 11 is 0. The maximum atomic E-state index is 13.8. The molecule has 2 aromatic heterocycles. The second-order valence-corrected chi connectivity index (χ2v) is 8.87. The molecule has 4 atom stereocenters. The molecule has 2 heterocycles. The van der Waals surface area contributed by atoms with Crippen LogP contribution in [0.15, 0.2) is 48.5 Å². The summed E-state index contributed by atoms with van der Waals surface area (Å²) in [7, 11) is 0. The van der Waals surface area contributed by atoms with Gasteiger partial charge in [0.2, 0.25) is 5.95 Å². The zero-order valence-corrected chi connectivity index (χ0v) is 18.0. The van der Waals surface area contributed by atoms with E-state index in [4.69, 9.17) is 5.26 Å². The van der Waals surface area contributed by atoms with Gasteiger partial charge in [0.1, 0.15) is 5.56 Å². The van der Waals surface area contributed by atoms with Crippen LogP contribution >= 0.6 is 0 Å². The SMILES string of the molecule is C=C=C1C(C)[C@@H]2CC[C@H]1C[C@H]2Nc1ncc(C(F)(F)F)c(-c2c[nH]c3cc(C#N)ccc23)n1. The number of H-pyrrole nitrogens is 1. The molecule has 6 rings (SSSR count). The number of alkyl halides is 3. The van der Waals surface area contributed by atoms with Gasteiger partial charge >= 0.3 is 6.18 Å². The second kappa shape index (κ2) is 7.79. The molecule has 5 nitrogen and oxygen atoms in total. The Morgan fingerprint density at radius 2 is 2.09 bits per heavy atom. The highest BCUT2D eigenvalue weighted by atomic mass is 19.4. The Morgan fingerprint density at radius 3 is 2.79 bits per heavy atom. The quantitative estimate of drug-likeness (QED) is 0.476. The van der Waals surface area contributed by atoms with E-state index in [-0.39, 0.29) is 17.7 Å². The molecule has 0 spiro atoms. The number of hydrogen-bond donors (Lipinski definition) is 2. The number of anilines is 1. The van der Waals surface area contributed by atoms with Crippen molar-refractivity contribution in [1.29, 1.82) is 5.26 Å². The summed E-state index contributed by atoms with van der Waals surface area (Å²) < 4.78 is 41.5. The minimum atomic E-state index is -4.61. The normalized spacial score (nSPS) is 24.5. The van der Waals surface area contributed by atoms with E-state index in [1.807, 2.05) is 6.07 Å². The number of aromatic amines is 1. The van der Waals surface area contributed by atoms with Crippen molar-refractivity contribution in [2.45, 2.75) is 38.4 Å². The van der Waals surface area contributed by atoms with E-state index in [2.05, 4.69) is 39.5 Å². The first-order valence-corrected chi connectivity index (χ1v) is 10.9. The summed E-state index contributed by atoms with van der Waals surface area (Å²) in [5, 5.41) is 13.0. The predicted octanol–water partition coefficient (Wildman–Crippen LogP) is 6.07. The van der Waals surface area contributed by atoms with Gasteiger partial charge in [-0.2, -0.15) is 18.4 Å². The van der Waals surface area contributed by atoms with Crippen molar-refractivity contribution in [2.24, 2.45) is 17.8 Å². The lowest BCUT2D eigenvalue weighted by Gasteiger charge is -2.47. The number of fused-ring (bicyclic) bond motifs is 4. The number of hydrogen-bond acceptors (Lipinski definition) is 4. The summed E-state index contributed by atoms with van der Waals surface area (Å²) in [6.07, 6.45) is 0.754. The number of allylic oxidation sites excluding steroid dienone is 1. The van der Waals surface area contributed by atoms with Crippen molar-refractivity contribution >= 4 is 16.9 Å². The van der Waals surface area contributed by atoms with Gasteiger partial charge in [0, 0.05) is 34.9 Å². The fraction of sp³-hybridized carbons (Fsp3) is 0.360. The molecule has 3 aromatic rings. The van der Waals surface area contributed by atoms with Gasteiger partial charge in [0.05, 0.1) is 17.3 Å². The molecule has 0 aliphatic heterocycles. The third-order valence-corrected chi connectivity index (χ3v) is 7.16. The van der Waals surface area contributed by atoms with E-state index in [0.29, 0.717) is 39.8 Å². The van der Waals surface area contributed by atoms with Gasteiger partial charge in [0.15, 0.2) is 0 Å². The molecule has 1 unspecified atom stereocenters. The Kier molecular flexibility index (Phi) is 5.02. The fourth-order valence-corrected chi connectivity index (χ4v) is 5.57. The van der Waals surface area contributed by atoms with Crippen molar-refractivity contribution in [2.75, 3.05) is 5.32 Å². The summed E-state index contributed by atoms with van der Waals surface area (Å²) in [5.41, 5.74) is 4.61. The first-order valence-electron chi connectivity index (χ1n) is 10.9. The zero-order valence-electron chi connectivity index (χ0n) is 18.0. The Hall–Kier alpha value is -3.56. The molecule has 0 radical (unpaired) electrons. The molecule has 3 saturated carbocycles. The maximum Gasteiger partial charge on any atom is 0.419 e. The van der Waals surface area contributed by atoms with Crippen LogP contribution < -0.4 is 5.32 Å². The van der Waals surface area contributed by atoms with E-state index >= 15 is 0 Å². The highest BCUT2D eigenvalue weighted by Gasteiger charge is 2.44. The second-order valence-electron chi connectivity index (χ2n) is 8.87. The van der Waals surface area contributed by atoms with E-state index in [1.54, 1.807) is 18.2 Å². The highest BCUT2D eigenvalue weighted by molar-refractivity contribution is 5.96. The van der Waals surface area contributed by atoms with Crippen molar-refractivity contribution in [3.63, 3.8) is 0 Å². The minimum absolute atomic E-state index is 0.0848. The molecule has 33 heavy (non-hydrogen) atoms. The molecule has 8 heteroatoms. The van der Waals surface area contributed by atoms with E-state index in [9.17, 15) is 13.2 Å². The molecule has 3 aliphatic carbocycles. The van der Waals surface area contributed by atoms with Crippen LogP contribution in [0.3, 0.4) is 0 Å². The Bertz CT molecular complexity index is 1320. The van der Waals surface area contributed by atoms with Crippen LogP contribution in [0.4, 0.5) is 19.1 Å². The third-order valence-electron chi connectivity index (χ3n) is 7.16. The molecule has 3 aliphatic rings. The molecule has 2 N–H and O–H groups in total. The number of nitrogens with zero attached hydrogens (tertiary/aromatic N) is 3. The average molecular weight is 449 g/mol. The number of nitriles is 1. The van der Waals surface area contributed by atoms with Crippen LogP contribution in [0.2, 0.25) is 0 Å². The monoisotopic (exact) mass is 449 g/mol. The predicted molar refractivity (Wildman–Crippen MR) is 119 cm³/mol. The largest absolute Gasteiger partial charge is 0.419 e. The lowest BCUT2D eigenvalue weighted by Crippen LogP contribution is -2.46. The molecular formula is C25H22F3N5.